The van der Waals surface area contributed by atoms with Gasteiger partial charge in [0, 0.05) is 22.4 Å². The van der Waals surface area contributed by atoms with E-state index >= 15 is 0 Å². The molecule has 2 aromatic carbocycles. The van der Waals surface area contributed by atoms with Gasteiger partial charge in [-0.2, -0.15) is 18.3 Å². The van der Waals surface area contributed by atoms with Crippen molar-refractivity contribution >= 4 is 40.8 Å². The molecular weight excluding hydrogens is 449 g/mol. The van der Waals surface area contributed by atoms with Gasteiger partial charge in [-0.1, -0.05) is 35.9 Å². The van der Waals surface area contributed by atoms with Gasteiger partial charge in [-0.05, 0) is 36.1 Å². The first-order valence-electron chi connectivity index (χ1n) is 9.39. The van der Waals surface area contributed by atoms with Crippen LogP contribution < -0.4 is 10.6 Å². The minimum atomic E-state index is -4.52. The summed E-state index contributed by atoms with van der Waals surface area (Å²) in [6.07, 6.45) is -2.90. The van der Waals surface area contributed by atoms with Gasteiger partial charge in [0.1, 0.15) is 5.82 Å². The number of nitrogens with zero attached hydrogens (tertiary/aromatic N) is 2. The maximum absolute atomic E-state index is 13.8. The monoisotopic (exact) mass is 466 g/mol. The second-order valence-corrected chi connectivity index (χ2v) is 8.34. The van der Waals surface area contributed by atoms with Crippen LogP contribution in [0.3, 0.4) is 0 Å². The number of hydrogen-bond donors (Lipinski definition) is 2. The van der Waals surface area contributed by atoms with Gasteiger partial charge >= 0.3 is 6.18 Å². The largest absolute Gasteiger partial charge is 0.410 e. The van der Waals surface area contributed by atoms with E-state index in [1.807, 2.05) is 18.4 Å². The fraction of sp³-hybridized carbons (Fsp3) is 0.238. The lowest BCUT2D eigenvalue weighted by molar-refractivity contribution is -0.173. The number of fused-ring (bicyclic) bond motifs is 1. The van der Waals surface area contributed by atoms with Crippen LogP contribution >= 0.6 is 23.4 Å². The Balaban J connectivity index is 1.64. The van der Waals surface area contributed by atoms with E-state index in [1.165, 1.54) is 17.8 Å². The fourth-order valence-electron chi connectivity index (χ4n) is 3.53. The van der Waals surface area contributed by atoms with Crippen molar-refractivity contribution in [1.82, 2.24) is 9.78 Å². The molecular formula is C21H18ClF3N4OS. The zero-order chi connectivity index (χ0) is 22.2. The quantitative estimate of drug-likeness (QED) is 0.451. The number of benzene rings is 2. The van der Waals surface area contributed by atoms with Crippen LogP contribution in [0.25, 0.3) is 0 Å². The summed E-state index contributed by atoms with van der Waals surface area (Å²) in [5.74, 6) is -0.439. The molecule has 31 heavy (non-hydrogen) atoms. The van der Waals surface area contributed by atoms with E-state index in [-0.39, 0.29) is 17.9 Å². The number of para-hydroxylation sites is 1. The molecule has 0 bridgehead atoms. The summed E-state index contributed by atoms with van der Waals surface area (Å²) in [6.45, 7) is 0. The number of hydrogen-bond acceptors (Lipinski definition) is 4. The number of amides is 1. The molecule has 0 fully saturated rings. The third kappa shape index (κ3) is 4.52. The Hall–Kier alpha value is -2.65. The highest BCUT2D eigenvalue weighted by Gasteiger charge is 2.46. The van der Waals surface area contributed by atoms with E-state index in [2.05, 4.69) is 15.7 Å². The highest BCUT2D eigenvalue weighted by molar-refractivity contribution is 7.98. The summed E-state index contributed by atoms with van der Waals surface area (Å²) < 4.78 is 42.3. The predicted molar refractivity (Wildman–Crippen MR) is 116 cm³/mol. The van der Waals surface area contributed by atoms with E-state index in [1.54, 1.807) is 36.4 Å². The average Bonchev–Trinajstić information content (AvgIpc) is 3.17. The Bertz CT molecular complexity index is 1100. The molecule has 2 heterocycles. The molecule has 0 saturated carbocycles. The Morgan fingerprint density at radius 3 is 2.61 bits per heavy atom. The lowest BCUT2D eigenvalue weighted by atomic mass is 9.97. The van der Waals surface area contributed by atoms with Crippen molar-refractivity contribution in [3.8, 4) is 0 Å². The highest BCUT2D eigenvalue weighted by Crippen LogP contribution is 2.43. The zero-order valence-corrected chi connectivity index (χ0v) is 17.9. The number of carbonyl (C=O) groups excluding carboxylic acids is 1. The minimum absolute atomic E-state index is 0.0931. The van der Waals surface area contributed by atoms with E-state index in [0.29, 0.717) is 16.3 Å². The summed E-state index contributed by atoms with van der Waals surface area (Å²) in [6, 6.07) is 12.7. The first kappa shape index (κ1) is 21.6. The lowest BCUT2D eigenvalue weighted by Crippen LogP contribution is -2.35. The van der Waals surface area contributed by atoms with Gasteiger partial charge in [-0.25, -0.2) is 4.68 Å². The molecule has 1 aliphatic heterocycles. The van der Waals surface area contributed by atoms with Crippen LogP contribution in [-0.4, -0.2) is 28.1 Å². The van der Waals surface area contributed by atoms with Gasteiger partial charge in [0.15, 0.2) is 11.7 Å². The van der Waals surface area contributed by atoms with Crippen LogP contribution in [0.1, 0.15) is 34.6 Å². The van der Waals surface area contributed by atoms with E-state index in [9.17, 15) is 18.0 Å². The number of thioether (sulfide) groups is 1. The first-order chi connectivity index (χ1) is 14.8. The van der Waals surface area contributed by atoms with Crippen LogP contribution in [0.15, 0.2) is 59.5 Å². The van der Waals surface area contributed by atoms with Crippen LogP contribution in [0, 0.1) is 0 Å². The summed E-state index contributed by atoms with van der Waals surface area (Å²) in [5.41, 5.74) is 1.15. The smallest absolute Gasteiger partial charge is 0.363 e. The molecule has 0 aliphatic carbocycles. The Morgan fingerprint density at radius 2 is 1.94 bits per heavy atom. The van der Waals surface area contributed by atoms with Crippen molar-refractivity contribution < 1.29 is 18.0 Å². The third-order valence-electron chi connectivity index (χ3n) is 5.05. The van der Waals surface area contributed by atoms with E-state index in [4.69, 9.17) is 11.6 Å². The van der Waals surface area contributed by atoms with Gasteiger partial charge in [0.25, 0.3) is 5.91 Å². The average molecular weight is 467 g/mol. The van der Waals surface area contributed by atoms with Crippen molar-refractivity contribution in [3.05, 3.63) is 70.9 Å². The standard InChI is InChI=1S/C21H18ClF3N4OS/c1-31-17-5-3-2-4-14(17)27-20(30)16-11-19-26-15(12-6-8-13(22)9-7-12)10-18(21(23,24)25)29(19)28-16/h2-9,11,15,18,26H,10H2,1H3,(H,27,30). The molecule has 162 valence electrons. The van der Waals surface area contributed by atoms with Gasteiger partial charge in [-0.15, -0.1) is 11.8 Å². The second kappa shape index (κ2) is 8.47. The molecule has 2 N–H and O–H groups in total. The summed E-state index contributed by atoms with van der Waals surface area (Å²) in [4.78, 5) is 13.6. The van der Waals surface area contributed by atoms with Crippen molar-refractivity contribution in [3.63, 3.8) is 0 Å². The lowest BCUT2D eigenvalue weighted by Gasteiger charge is -2.33. The Kier molecular flexibility index (Phi) is 5.90. The van der Waals surface area contributed by atoms with Crippen LogP contribution in [0.5, 0.6) is 0 Å². The van der Waals surface area contributed by atoms with Gasteiger partial charge < -0.3 is 10.6 Å². The number of nitrogens with one attached hydrogen (secondary N) is 2. The highest BCUT2D eigenvalue weighted by atomic mass is 35.5. The first-order valence-corrected chi connectivity index (χ1v) is 11.0. The molecule has 0 saturated heterocycles. The van der Waals surface area contributed by atoms with Crippen molar-refractivity contribution in [2.24, 2.45) is 0 Å². The Morgan fingerprint density at radius 1 is 1.23 bits per heavy atom. The third-order valence-corrected chi connectivity index (χ3v) is 6.10. The molecule has 3 aromatic rings. The molecule has 1 amide bonds. The molecule has 5 nitrogen and oxygen atoms in total. The van der Waals surface area contributed by atoms with E-state index < -0.39 is 24.2 Å². The Labute approximate surface area is 186 Å². The van der Waals surface area contributed by atoms with Crippen LogP contribution in [-0.2, 0) is 0 Å². The summed E-state index contributed by atoms with van der Waals surface area (Å²) >= 11 is 7.35. The summed E-state index contributed by atoms with van der Waals surface area (Å²) in [7, 11) is 0. The number of rotatable bonds is 4. The molecule has 2 atom stereocenters. The zero-order valence-electron chi connectivity index (χ0n) is 16.3. The molecule has 1 aliphatic rings. The van der Waals surface area contributed by atoms with Gasteiger partial charge in [0.2, 0.25) is 0 Å². The predicted octanol–water partition coefficient (Wildman–Crippen LogP) is 6.17. The van der Waals surface area contributed by atoms with Crippen molar-refractivity contribution in [1.29, 1.82) is 0 Å². The SMILES string of the molecule is CSc1ccccc1NC(=O)c1cc2n(n1)C(C(F)(F)F)CC(c1ccc(Cl)cc1)N2. The number of halogens is 4. The molecule has 0 spiro atoms. The molecule has 4 rings (SSSR count). The molecule has 1 aromatic heterocycles. The minimum Gasteiger partial charge on any atom is -0.363 e. The molecule has 0 radical (unpaired) electrons. The number of carbonyl (C=O) groups is 1. The van der Waals surface area contributed by atoms with Gasteiger partial charge in [-0.3, -0.25) is 4.79 Å². The van der Waals surface area contributed by atoms with E-state index in [0.717, 1.165) is 9.58 Å². The van der Waals surface area contributed by atoms with Crippen LogP contribution in [0.2, 0.25) is 5.02 Å². The number of aromatic nitrogens is 2. The maximum Gasteiger partial charge on any atom is 0.410 e. The second-order valence-electron chi connectivity index (χ2n) is 7.06. The topological polar surface area (TPSA) is 59.0 Å². The normalized spacial score (nSPS) is 18.2. The number of anilines is 2. The van der Waals surface area contributed by atoms with Crippen molar-refractivity contribution in [2.75, 3.05) is 16.9 Å². The number of alkyl halides is 3. The molecule has 10 heteroatoms. The van der Waals surface area contributed by atoms with Crippen LogP contribution in [0.4, 0.5) is 24.7 Å². The fourth-order valence-corrected chi connectivity index (χ4v) is 4.21. The van der Waals surface area contributed by atoms with Crippen molar-refractivity contribution in [2.45, 2.75) is 29.6 Å². The molecule has 2 unspecified atom stereocenters. The van der Waals surface area contributed by atoms with Gasteiger partial charge in [0.05, 0.1) is 11.7 Å². The maximum atomic E-state index is 13.8. The summed E-state index contributed by atoms with van der Waals surface area (Å²) in [5, 5.41) is 10.3.